The number of ether oxygens (including phenoxy) is 1. The second-order valence-corrected chi connectivity index (χ2v) is 11.8. The Morgan fingerprint density at radius 3 is 2.75 bits per heavy atom. The summed E-state index contributed by atoms with van der Waals surface area (Å²) in [7, 11) is 0. The van der Waals surface area contributed by atoms with Crippen molar-refractivity contribution >= 4 is 45.1 Å². The first-order valence-corrected chi connectivity index (χ1v) is 14.0. The zero-order valence-electron chi connectivity index (χ0n) is 19.3. The Labute approximate surface area is 214 Å². The molecule has 180 valence electrons. The second kappa shape index (κ2) is 7.61. The maximum Gasteiger partial charge on any atom is 0.274 e. The average molecular weight is 515 g/mol. The smallest absolute Gasteiger partial charge is 0.274 e. The minimum Gasteiger partial charge on any atom is -0.381 e. The Balaban J connectivity index is 1.36. The number of H-pyrrole nitrogens is 1. The Kier molecular flexibility index (Phi) is 4.42. The van der Waals surface area contributed by atoms with Crippen LogP contribution in [0.2, 0.25) is 0 Å². The zero-order valence-corrected chi connectivity index (χ0v) is 20.9. The minimum atomic E-state index is -0.185. The Bertz CT molecular complexity index is 1730. The van der Waals surface area contributed by atoms with Gasteiger partial charge in [0, 0.05) is 40.9 Å². The predicted octanol–water partition coefficient (Wildman–Crippen LogP) is 5.04. The van der Waals surface area contributed by atoms with Crippen LogP contribution in [-0.4, -0.2) is 38.4 Å². The van der Waals surface area contributed by atoms with Crippen LogP contribution in [0.1, 0.15) is 67.9 Å². The van der Waals surface area contributed by atoms with Crippen molar-refractivity contribution in [2.45, 2.75) is 37.3 Å². The lowest BCUT2D eigenvalue weighted by Gasteiger charge is -2.37. The van der Waals surface area contributed by atoms with Gasteiger partial charge in [0.2, 0.25) is 0 Å². The monoisotopic (exact) mass is 514 g/mol. The van der Waals surface area contributed by atoms with Crippen LogP contribution in [0.15, 0.2) is 52.1 Å². The van der Waals surface area contributed by atoms with Crippen LogP contribution in [0.5, 0.6) is 0 Å². The number of nitrogens with one attached hydrogen (secondary N) is 1. The van der Waals surface area contributed by atoms with Crippen LogP contribution in [0.4, 0.5) is 0 Å². The molecule has 0 bridgehead atoms. The summed E-state index contributed by atoms with van der Waals surface area (Å²) in [5.74, 6) is 1.18. The molecule has 5 aromatic rings. The molecule has 0 aliphatic carbocycles. The van der Waals surface area contributed by atoms with Crippen LogP contribution < -0.4 is 5.56 Å². The van der Waals surface area contributed by atoms with E-state index in [9.17, 15) is 9.59 Å². The van der Waals surface area contributed by atoms with E-state index in [-0.39, 0.29) is 29.5 Å². The first-order valence-electron chi connectivity index (χ1n) is 12.3. The third-order valence-corrected chi connectivity index (χ3v) is 9.85. The van der Waals surface area contributed by atoms with Crippen LogP contribution in [-0.2, 0) is 11.2 Å². The van der Waals surface area contributed by atoms with Crippen molar-refractivity contribution in [1.82, 2.24) is 19.3 Å². The molecule has 7 heterocycles. The number of thiophene rings is 2. The standard InChI is InChI=1S/C27H22N4O3S2/c32-26-21-13-28-25(14-3-6-34-7-4-14)30(21)20-11-16-17(10-18(20)29-26)27(33)31-19(16)12-23-15(5-9-36-23)24(31)22-2-1-8-35-22/h1-2,5,8-11,13-14,19,24H,3-4,6-7,12H2,(H,29,32). The maximum absolute atomic E-state index is 13.9. The van der Waals surface area contributed by atoms with Gasteiger partial charge in [0.05, 0.1) is 29.3 Å². The van der Waals surface area contributed by atoms with Gasteiger partial charge in [-0.15, -0.1) is 22.7 Å². The number of rotatable bonds is 2. The van der Waals surface area contributed by atoms with E-state index in [1.165, 1.54) is 15.3 Å². The number of carbonyl (C=O) groups excluding carboxylic acids is 1. The average Bonchev–Trinajstić information content (AvgIpc) is 3.70. The van der Waals surface area contributed by atoms with Gasteiger partial charge >= 0.3 is 0 Å². The molecule has 0 saturated carbocycles. The molecule has 36 heavy (non-hydrogen) atoms. The normalized spacial score (nSPS) is 21.8. The Morgan fingerprint density at radius 2 is 1.92 bits per heavy atom. The molecule has 9 heteroatoms. The summed E-state index contributed by atoms with van der Waals surface area (Å²) >= 11 is 3.47. The van der Waals surface area contributed by atoms with Crippen LogP contribution in [0, 0.1) is 0 Å². The summed E-state index contributed by atoms with van der Waals surface area (Å²) in [4.78, 5) is 39.2. The first kappa shape index (κ1) is 20.9. The van der Waals surface area contributed by atoms with Crippen LogP contribution >= 0.6 is 22.7 Å². The van der Waals surface area contributed by atoms with Gasteiger partial charge in [-0.3, -0.25) is 14.0 Å². The molecular formula is C27H22N4O3S2. The molecule has 1 amide bonds. The van der Waals surface area contributed by atoms with E-state index in [4.69, 9.17) is 9.72 Å². The molecule has 3 aliphatic rings. The second-order valence-electron chi connectivity index (χ2n) is 9.78. The lowest BCUT2D eigenvalue weighted by Crippen LogP contribution is -2.37. The summed E-state index contributed by atoms with van der Waals surface area (Å²) in [6.07, 6.45) is 4.26. The number of hydrogen-bond acceptors (Lipinski definition) is 6. The third-order valence-electron chi connectivity index (χ3n) is 7.97. The van der Waals surface area contributed by atoms with Crippen molar-refractivity contribution in [1.29, 1.82) is 0 Å². The van der Waals surface area contributed by atoms with Gasteiger partial charge in [0.25, 0.3) is 11.5 Å². The van der Waals surface area contributed by atoms with E-state index in [1.807, 2.05) is 10.5 Å². The number of benzene rings is 1. The molecule has 1 N–H and O–H groups in total. The maximum atomic E-state index is 13.9. The lowest BCUT2D eigenvalue weighted by atomic mass is 9.92. The highest BCUT2D eigenvalue weighted by Gasteiger charge is 2.46. The fraction of sp³-hybridized carbons (Fsp3) is 0.296. The number of aromatic amines is 1. The number of carbonyl (C=O) groups is 1. The number of fused-ring (bicyclic) bond motifs is 7. The number of aromatic nitrogens is 3. The van der Waals surface area contributed by atoms with E-state index >= 15 is 0 Å². The Morgan fingerprint density at radius 1 is 1.03 bits per heavy atom. The number of imidazole rings is 1. The Hall–Kier alpha value is -3.27. The van der Waals surface area contributed by atoms with Gasteiger partial charge in [0.1, 0.15) is 11.3 Å². The number of nitrogens with zero attached hydrogens (tertiary/aromatic N) is 3. The van der Waals surface area contributed by atoms with Gasteiger partial charge < -0.3 is 14.6 Å². The first-order chi connectivity index (χ1) is 17.7. The SMILES string of the molecule is O=C1c2cc3[nH]c(=O)c4cnc(C5CCOCC5)n4c3cc2C2Cc3sccc3C(c3cccs3)N12. The van der Waals surface area contributed by atoms with E-state index in [2.05, 4.69) is 44.9 Å². The van der Waals surface area contributed by atoms with E-state index in [0.29, 0.717) is 29.8 Å². The fourth-order valence-corrected chi connectivity index (χ4v) is 8.11. The van der Waals surface area contributed by atoms with E-state index in [0.717, 1.165) is 36.2 Å². The lowest BCUT2D eigenvalue weighted by molar-refractivity contribution is 0.0646. The molecule has 1 aromatic carbocycles. The van der Waals surface area contributed by atoms with Crippen LogP contribution in [0.25, 0.3) is 16.6 Å². The number of amides is 1. The van der Waals surface area contributed by atoms with Crippen molar-refractivity contribution in [3.8, 4) is 0 Å². The van der Waals surface area contributed by atoms with Crippen molar-refractivity contribution in [3.05, 3.63) is 89.9 Å². The highest BCUT2D eigenvalue weighted by molar-refractivity contribution is 7.10. The van der Waals surface area contributed by atoms with Gasteiger partial charge in [-0.05, 0) is 59.0 Å². The molecule has 2 atom stereocenters. The van der Waals surface area contributed by atoms with Gasteiger partial charge in [-0.2, -0.15) is 0 Å². The fourth-order valence-electron chi connectivity index (χ4n) is 6.32. The van der Waals surface area contributed by atoms with Crippen molar-refractivity contribution in [3.63, 3.8) is 0 Å². The molecule has 2 unspecified atom stereocenters. The summed E-state index contributed by atoms with van der Waals surface area (Å²) in [5, 5.41) is 4.21. The minimum absolute atomic E-state index is 0.0309. The topological polar surface area (TPSA) is 79.7 Å². The number of hydrogen-bond donors (Lipinski definition) is 1. The molecule has 0 radical (unpaired) electrons. The van der Waals surface area contributed by atoms with Crippen molar-refractivity contribution in [2.75, 3.05) is 13.2 Å². The highest BCUT2D eigenvalue weighted by Crippen LogP contribution is 2.51. The van der Waals surface area contributed by atoms with Gasteiger partial charge in [-0.25, -0.2) is 4.98 Å². The summed E-state index contributed by atoms with van der Waals surface area (Å²) < 4.78 is 7.59. The summed E-state index contributed by atoms with van der Waals surface area (Å²) in [6.45, 7) is 1.41. The quantitative estimate of drug-likeness (QED) is 0.358. The molecule has 1 saturated heterocycles. The molecule has 8 rings (SSSR count). The van der Waals surface area contributed by atoms with Gasteiger partial charge in [0.15, 0.2) is 0 Å². The molecule has 3 aliphatic heterocycles. The van der Waals surface area contributed by atoms with Gasteiger partial charge in [-0.1, -0.05) is 6.07 Å². The molecule has 7 nitrogen and oxygen atoms in total. The largest absolute Gasteiger partial charge is 0.381 e. The molecular weight excluding hydrogens is 492 g/mol. The zero-order chi connectivity index (χ0) is 24.0. The van der Waals surface area contributed by atoms with E-state index < -0.39 is 0 Å². The summed E-state index contributed by atoms with van der Waals surface area (Å²) in [6, 6.07) is 10.2. The van der Waals surface area contributed by atoms with Crippen LogP contribution in [0.3, 0.4) is 0 Å². The third kappa shape index (κ3) is 2.79. The molecule has 0 spiro atoms. The summed E-state index contributed by atoms with van der Waals surface area (Å²) in [5.41, 5.74) is 4.90. The predicted molar refractivity (Wildman–Crippen MR) is 139 cm³/mol. The van der Waals surface area contributed by atoms with Crippen molar-refractivity contribution in [2.24, 2.45) is 0 Å². The highest BCUT2D eigenvalue weighted by atomic mass is 32.1. The molecule has 1 fully saturated rings. The molecule has 4 aromatic heterocycles. The van der Waals surface area contributed by atoms with E-state index in [1.54, 1.807) is 28.9 Å². The van der Waals surface area contributed by atoms with Crippen molar-refractivity contribution < 1.29 is 9.53 Å².